The molecule has 3 rings (SSSR count). The Morgan fingerprint density at radius 2 is 1.80 bits per heavy atom. The van der Waals surface area contributed by atoms with Crippen LogP contribution in [0.15, 0.2) is 53.4 Å². The fourth-order valence-electron chi connectivity index (χ4n) is 2.22. The molecule has 0 aliphatic carbocycles. The molecule has 0 saturated carbocycles. The number of benzene rings is 2. The van der Waals surface area contributed by atoms with E-state index in [0.29, 0.717) is 4.91 Å². The molecule has 0 N–H and O–H groups in total. The van der Waals surface area contributed by atoms with Crippen molar-refractivity contribution in [1.29, 1.82) is 0 Å². The summed E-state index contributed by atoms with van der Waals surface area (Å²) in [6.45, 7) is 0. The van der Waals surface area contributed by atoms with Gasteiger partial charge in [-0.05, 0) is 64.6 Å². The molecular weight excluding hydrogens is 482 g/mol. The second kappa shape index (κ2) is 7.08. The van der Waals surface area contributed by atoms with E-state index in [1.54, 1.807) is 6.08 Å². The normalized spacial score (nSPS) is 16.8. The van der Waals surface area contributed by atoms with Gasteiger partial charge in [0, 0.05) is 3.57 Å². The molecule has 1 heterocycles. The van der Waals surface area contributed by atoms with E-state index in [9.17, 15) is 18.0 Å². The molecule has 2 nitrogen and oxygen atoms in total. The van der Waals surface area contributed by atoms with E-state index in [0.717, 1.165) is 37.9 Å². The van der Waals surface area contributed by atoms with Crippen molar-refractivity contribution in [2.45, 2.75) is 6.18 Å². The molecule has 0 bridgehead atoms. The van der Waals surface area contributed by atoms with Crippen LogP contribution in [0.4, 0.5) is 18.9 Å². The first-order chi connectivity index (χ1) is 11.8. The second-order valence-electron chi connectivity index (χ2n) is 5.12. The predicted molar refractivity (Wildman–Crippen MR) is 106 cm³/mol. The SMILES string of the molecule is O=C1/C(=C\c2ccc(I)cc2)SC(=S)N1c1cccc(C(F)(F)F)c1. The number of alkyl halides is 3. The number of amides is 1. The second-order valence-corrected chi connectivity index (χ2v) is 8.04. The summed E-state index contributed by atoms with van der Waals surface area (Å²) in [6.07, 6.45) is -2.80. The molecule has 0 unspecified atom stereocenters. The summed E-state index contributed by atoms with van der Waals surface area (Å²) in [4.78, 5) is 14.1. The first-order valence-electron chi connectivity index (χ1n) is 6.96. The van der Waals surface area contributed by atoms with Crippen molar-refractivity contribution in [3.63, 3.8) is 0 Å². The van der Waals surface area contributed by atoms with Crippen LogP contribution in [0.3, 0.4) is 0 Å². The van der Waals surface area contributed by atoms with Crippen molar-refractivity contribution in [2.24, 2.45) is 0 Å². The lowest BCUT2D eigenvalue weighted by atomic mass is 10.1. The molecule has 128 valence electrons. The summed E-state index contributed by atoms with van der Waals surface area (Å²) in [7, 11) is 0. The highest BCUT2D eigenvalue weighted by Gasteiger charge is 2.36. The number of thiocarbonyl (C=S) groups is 1. The van der Waals surface area contributed by atoms with Crippen LogP contribution >= 0.6 is 46.6 Å². The van der Waals surface area contributed by atoms with Gasteiger partial charge in [-0.3, -0.25) is 9.69 Å². The van der Waals surface area contributed by atoms with Gasteiger partial charge in [0.1, 0.15) is 0 Å². The highest BCUT2D eigenvalue weighted by atomic mass is 127. The van der Waals surface area contributed by atoms with Gasteiger partial charge in [-0.2, -0.15) is 13.2 Å². The summed E-state index contributed by atoms with van der Waals surface area (Å²) in [5.41, 5.74) is 0.119. The minimum Gasteiger partial charge on any atom is -0.268 e. The molecule has 0 spiro atoms. The Hall–Kier alpha value is -1.39. The Kier molecular flexibility index (Phi) is 5.21. The van der Waals surface area contributed by atoms with E-state index in [1.165, 1.54) is 12.1 Å². The minimum atomic E-state index is -4.48. The van der Waals surface area contributed by atoms with Crippen molar-refractivity contribution in [3.05, 3.63) is 68.1 Å². The fourth-order valence-corrected chi connectivity index (χ4v) is 3.88. The largest absolute Gasteiger partial charge is 0.416 e. The number of anilines is 1. The van der Waals surface area contributed by atoms with E-state index in [-0.39, 0.29) is 10.0 Å². The summed E-state index contributed by atoms with van der Waals surface area (Å²) in [5.74, 6) is -0.423. The van der Waals surface area contributed by atoms with E-state index in [1.807, 2.05) is 24.3 Å². The smallest absolute Gasteiger partial charge is 0.268 e. The molecule has 0 radical (unpaired) electrons. The quantitative estimate of drug-likeness (QED) is 0.305. The molecule has 0 aromatic heterocycles. The molecular formula is C17H9F3INOS2. The van der Waals surface area contributed by atoms with Crippen LogP contribution in [0, 0.1) is 3.57 Å². The molecule has 1 aliphatic rings. The fraction of sp³-hybridized carbons (Fsp3) is 0.0588. The number of halogens is 4. The van der Waals surface area contributed by atoms with Crippen molar-refractivity contribution in [2.75, 3.05) is 4.90 Å². The Labute approximate surface area is 165 Å². The Bertz CT molecular complexity index is 878. The molecule has 1 amide bonds. The minimum absolute atomic E-state index is 0.114. The first kappa shape index (κ1) is 18.4. The standard InChI is InChI=1S/C17H9F3INOS2/c18-17(19,20)11-2-1-3-13(9-11)22-15(23)14(25-16(22)24)8-10-4-6-12(21)7-5-10/h1-9H/b14-8+. The lowest BCUT2D eigenvalue weighted by Gasteiger charge is -2.16. The van der Waals surface area contributed by atoms with Gasteiger partial charge in [0.2, 0.25) is 0 Å². The van der Waals surface area contributed by atoms with Gasteiger partial charge >= 0.3 is 6.18 Å². The number of hydrogen-bond acceptors (Lipinski definition) is 3. The van der Waals surface area contributed by atoms with Crippen molar-refractivity contribution in [1.82, 2.24) is 0 Å². The van der Waals surface area contributed by atoms with Gasteiger partial charge in [-0.1, -0.05) is 42.2 Å². The molecule has 25 heavy (non-hydrogen) atoms. The zero-order chi connectivity index (χ0) is 18.2. The maximum absolute atomic E-state index is 12.9. The number of carbonyl (C=O) groups excluding carboxylic acids is 1. The predicted octanol–water partition coefficient (Wildman–Crippen LogP) is 5.72. The van der Waals surface area contributed by atoms with Gasteiger partial charge in [0.05, 0.1) is 16.2 Å². The van der Waals surface area contributed by atoms with Gasteiger partial charge in [0.25, 0.3) is 5.91 Å². The zero-order valence-corrected chi connectivity index (χ0v) is 16.2. The monoisotopic (exact) mass is 491 g/mol. The third-order valence-corrected chi connectivity index (χ3v) is 5.41. The third kappa shape index (κ3) is 4.06. The summed E-state index contributed by atoms with van der Waals surface area (Å²) >= 11 is 8.44. The van der Waals surface area contributed by atoms with Crippen LogP contribution in [-0.2, 0) is 11.0 Å². The molecule has 2 aromatic rings. The van der Waals surface area contributed by atoms with E-state index in [2.05, 4.69) is 22.6 Å². The zero-order valence-electron chi connectivity index (χ0n) is 12.4. The van der Waals surface area contributed by atoms with Gasteiger partial charge in [-0.25, -0.2) is 0 Å². The number of hydrogen-bond donors (Lipinski definition) is 0. The van der Waals surface area contributed by atoms with Gasteiger partial charge in [-0.15, -0.1) is 0 Å². The van der Waals surface area contributed by atoms with Crippen molar-refractivity contribution in [3.8, 4) is 0 Å². The highest BCUT2D eigenvalue weighted by molar-refractivity contribution is 14.1. The molecule has 2 aromatic carbocycles. The van der Waals surface area contributed by atoms with Crippen LogP contribution < -0.4 is 4.90 Å². The molecule has 1 aliphatic heterocycles. The number of nitrogens with zero attached hydrogens (tertiary/aromatic N) is 1. The maximum atomic E-state index is 12.9. The Morgan fingerprint density at radius 1 is 1.12 bits per heavy atom. The third-order valence-electron chi connectivity index (χ3n) is 3.39. The van der Waals surface area contributed by atoms with Gasteiger partial charge in [0.15, 0.2) is 4.32 Å². The van der Waals surface area contributed by atoms with Crippen LogP contribution in [0.1, 0.15) is 11.1 Å². The molecule has 1 saturated heterocycles. The van der Waals surface area contributed by atoms with Crippen LogP contribution in [-0.4, -0.2) is 10.2 Å². The number of rotatable bonds is 2. The summed E-state index contributed by atoms with van der Waals surface area (Å²) in [6, 6.07) is 12.1. The van der Waals surface area contributed by atoms with E-state index in [4.69, 9.17) is 12.2 Å². The Balaban J connectivity index is 1.93. The molecule has 0 atom stereocenters. The average molecular weight is 491 g/mol. The summed E-state index contributed by atoms with van der Waals surface area (Å²) in [5, 5.41) is 0. The van der Waals surface area contributed by atoms with Crippen LogP contribution in [0.5, 0.6) is 0 Å². The first-order valence-corrected chi connectivity index (χ1v) is 9.27. The maximum Gasteiger partial charge on any atom is 0.416 e. The highest BCUT2D eigenvalue weighted by Crippen LogP contribution is 2.38. The molecule has 8 heteroatoms. The topological polar surface area (TPSA) is 20.3 Å². The Morgan fingerprint density at radius 3 is 2.44 bits per heavy atom. The lowest BCUT2D eigenvalue weighted by Crippen LogP contribution is -2.27. The average Bonchev–Trinajstić information content (AvgIpc) is 2.83. The van der Waals surface area contributed by atoms with Crippen molar-refractivity contribution >= 4 is 68.6 Å². The summed E-state index contributed by atoms with van der Waals surface area (Å²) < 4.78 is 39.9. The molecule has 1 fully saturated rings. The number of carbonyl (C=O) groups is 1. The number of thioether (sulfide) groups is 1. The van der Waals surface area contributed by atoms with E-state index < -0.39 is 17.6 Å². The van der Waals surface area contributed by atoms with E-state index >= 15 is 0 Å². The van der Waals surface area contributed by atoms with Crippen LogP contribution in [0.25, 0.3) is 6.08 Å². The van der Waals surface area contributed by atoms with Gasteiger partial charge < -0.3 is 0 Å². The lowest BCUT2D eigenvalue weighted by molar-refractivity contribution is -0.137. The van der Waals surface area contributed by atoms with Crippen molar-refractivity contribution < 1.29 is 18.0 Å². The van der Waals surface area contributed by atoms with Crippen LogP contribution in [0.2, 0.25) is 0 Å².